The lowest BCUT2D eigenvalue weighted by Crippen LogP contribution is -2.48. The van der Waals surface area contributed by atoms with Crippen molar-refractivity contribution < 1.29 is 9.84 Å². The molecule has 0 amide bonds. The van der Waals surface area contributed by atoms with Gasteiger partial charge >= 0.3 is 0 Å². The smallest absolute Gasteiger partial charge is 0.0771 e. The summed E-state index contributed by atoms with van der Waals surface area (Å²) in [6, 6.07) is 0.447. The molecule has 18 heavy (non-hydrogen) atoms. The highest BCUT2D eigenvalue weighted by Gasteiger charge is 2.36. The van der Waals surface area contributed by atoms with Crippen LogP contribution in [-0.2, 0) is 4.74 Å². The van der Waals surface area contributed by atoms with Crippen LogP contribution in [0.1, 0.15) is 51.9 Å². The normalized spacial score (nSPS) is 34.5. The molecule has 2 N–H and O–H groups in total. The van der Waals surface area contributed by atoms with E-state index in [0.29, 0.717) is 6.04 Å². The summed E-state index contributed by atoms with van der Waals surface area (Å²) in [6.07, 6.45) is 8.19. The molecule has 0 aliphatic heterocycles. The number of nitrogens with one attached hydrogen (secondary N) is 1. The Morgan fingerprint density at radius 1 is 1.28 bits per heavy atom. The van der Waals surface area contributed by atoms with Gasteiger partial charge in [0, 0.05) is 19.7 Å². The lowest BCUT2D eigenvalue weighted by atomic mass is 9.77. The maximum atomic E-state index is 10.6. The number of hydrogen-bond acceptors (Lipinski definition) is 3. The zero-order valence-corrected chi connectivity index (χ0v) is 12.0. The van der Waals surface area contributed by atoms with Crippen molar-refractivity contribution >= 4 is 0 Å². The first kappa shape index (κ1) is 14.3. The van der Waals surface area contributed by atoms with Crippen LogP contribution in [0.25, 0.3) is 0 Å². The van der Waals surface area contributed by atoms with Gasteiger partial charge in [-0.2, -0.15) is 0 Å². The molecule has 0 heterocycles. The summed E-state index contributed by atoms with van der Waals surface area (Å²) in [5.41, 5.74) is -0.466. The van der Waals surface area contributed by atoms with Gasteiger partial charge < -0.3 is 15.2 Å². The fourth-order valence-electron chi connectivity index (χ4n) is 3.16. The van der Waals surface area contributed by atoms with Gasteiger partial charge in [0.15, 0.2) is 0 Å². The van der Waals surface area contributed by atoms with Crippen LogP contribution in [0.4, 0.5) is 0 Å². The minimum absolute atomic E-state index is 0.447. The number of hydrogen-bond donors (Lipinski definition) is 2. The fourth-order valence-corrected chi connectivity index (χ4v) is 3.16. The standard InChI is InChI=1S/C15H29NO2/c1-3-12-6-8-15(17,9-7-12)11-16-14(10-18-2)13-4-5-13/h12-14,16-17H,3-11H2,1-2H3. The Bertz CT molecular complexity index is 245. The van der Waals surface area contributed by atoms with Gasteiger partial charge in [0.2, 0.25) is 0 Å². The van der Waals surface area contributed by atoms with E-state index in [1.54, 1.807) is 7.11 Å². The summed E-state index contributed by atoms with van der Waals surface area (Å²) >= 11 is 0. The van der Waals surface area contributed by atoms with Gasteiger partial charge in [0.1, 0.15) is 0 Å². The highest BCUT2D eigenvalue weighted by Crippen LogP contribution is 2.35. The van der Waals surface area contributed by atoms with Gasteiger partial charge in [0.25, 0.3) is 0 Å². The molecule has 3 heteroatoms. The van der Waals surface area contributed by atoms with E-state index < -0.39 is 5.60 Å². The van der Waals surface area contributed by atoms with Crippen molar-refractivity contribution in [2.45, 2.75) is 63.5 Å². The van der Waals surface area contributed by atoms with E-state index in [1.807, 2.05) is 0 Å². The molecule has 2 aliphatic carbocycles. The van der Waals surface area contributed by atoms with Crippen LogP contribution in [-0.4, -0.2) is 37.0 Å². The summed E-state index contributed by atoms with van der Waals surface area (Å²) in [5.74, 6) is 1.61. The molecule has 0 radical (unpaired) electrons. The summed E-state index contributed by atoms with van der Waals surface area (Å²) < 4.78 is 5.27. The lowest BCUT2D eigenvalue weighted by Gasteiger charge is -2.37. The van der Waals surface area contributed by atoms with Crippen LogP contribution in [0.3, 0.4) is 0 Å². The Balaban J connectivity index is 1.74. The molecule has 2 fully saturated rings. The van der Waals surface area contributed by atoms with Crippen LogP contribution in [0.2, 0.25) is 0 Å². The van der Waals surface area contributed by atoms with Crippen LogP contribution in [0.5, 0.6) is 0 Å². The molecular formula is C15H29NO2. The Labute approximate surface area is 111 Å². The van der Waals surface area contributed by atoms with E-state index in [0.717, 1.165) is 37.8 Å². The van der Waals surface area contributed by atoms with Crippen molar-refractivity contribution in [2.75, 3.05) is 20.3 Å². The second-order valence-electron chi connectivity index (χ2n) is 6.36. The van der Waals surface area contributed by atoms with Crippen molar-refractivity contribution in [3.05, 3.63) is 0 Å². The van der Waals surface area contributed by atoms with Crippen molar-refractivity contribution in [2.24, 2.45) is 11.8 Å². The summed E-state index contributed by atoms with van der Waals surface area (Å²) in [6.45, 7) is 3.78. The molecule has 0 saturated heterocycles. The molecule has 0 aromatic rings. The van der Waals surface area contributed by atoms with Gasteiger partial charge in [-0.1, -0.05) is 13.3 Å². The first-order chi connectivity index (χ1) is 8.67. The van der Waals surface area contributed by atoms with Crippen LogP contribution in [0.15, 0.2) is 0 Å². The average Bonchev–Trinajstić information content (AvgIpc) is 3.20. The number of methoxy groups -OCH3 is 1. The first-order valence-corrected chi connectivity index (χ1v) is 7.61. The van der Waals surface area contributed by atoms with Crippen molar-refractivity contribution in [3.8, 4) is 0 Å². The van der Waals surface area contributed by atoms with E-state index >= 15 is 0 Å². The van der Waals surface area contributed by atoms with Crippen LogP contribution >= 0.6 is 0 Å². The van der Waals surface area contributed by atoms with Gasteiger partial charge in [-0.3, -0.25) is 0 Å². The Hall–Kier alpha value is -0.120. The maximum Gasteiger partial charge on any atom is 0.0771 e. The monoisotopic (exact) mass is 255 g/mol. The van der Waals surface area contributed by atoms with E-state index in [2.05, 4.69) is 12.2 Å². The quantitative estimate of drug-likeness (QED) is 0.733. The summed E-state index contributed by atoms with van der Waals surface area (Å²) in [7, 11) is 1.76. The van der Waals surface area contributed by atoms with Crippen molar-refractivity contribution in [3.63, 3.8) is 0 Å². The lowest BCUT2D eigenvalue weighted by molar-refractivity contribution is -0.0133. The molecule has 1 atom stereocenters. The Kier molecular flexibility index (Phi) is 5.05. The molecule has 106 valence electrons. The third-order valence-corrected chi connectivity index (χ3v) is 4.84. The third kappa shape index (κ3) is 3.94. The molecule has 2 saturated carbocycles. The molecule has 2 aliphatic rings. The summed E-state index contributed by atoms with van der Waals surface area (Å²) in [5, 5.41) is 14.2. The number of ether oxygens (including phenoxy) is 1. The topological polar surface area (TPSA) is 41.5 Å². The predicted octanol–water partition coefficient (Wildman–Crippen LogP) is 2.33. The Morgan fingerprint density at radius 3 is 2.44 bits per heavy atom. The molecule has 0 aromatic carbocycles. The van der Waals surface area contributed by atoms with Crippen molar-refractivity contribution in [1.82, 2.24) is 5.32 Å². The predicted molar refractivity (Wildman–Crippen MR) is 73.6 cm³/mol. The molecule has 0 spiro atoms. The van der Waals surface area contributed by atoms with Gasteiger partial charge in [0.05, 0.1) is 12.2 Å². The number of aliphatic hydroxyl groups is 1. The van der Waals surface area contributed by atoms with E-state index in [1.165, 1.54) is 32.1 Å². The van der Waals surface area contributed by atoms with Gasteiger partial charge in [-0.25, -0.2) is 0 Å². The average molecular weight is 255 g/mol. The van der Waals surface area contributed by atoms with Crippen molar-refractivity contribution in [1.29, 1.82) is 0 Å². The van der Waals surface area contributed by atoms with Crippen LogP contribution < -0.4 is 5.32 Å². The molecule has 3 nitrogen and oxygen atoms in total. The molecule has 0 aromatic heterocycles. The van der Waals surface area contributed by atoms with Gasteiger partial charge in [-0.05, 0) is 50.4 Å². The second kappa shape index (κ2) is 6.36. The molecule has 0 bridgehead atoms. The second-order valence-corrected chi connectivity index (χ2v) is 6.36. The minimum atomic E-state index is -0.466. The highest BCUT2D eigenvalue weighted by molar-refractivity contribution is 4.92. The Morgan fingerprint density at radius 2 is 1.94 bits per heavy atom. The van der Waals surface area contributed by atoms with Gasteiger partial charge in [-0.15, -0.1) is 0 Å². The highest BCUT2D eigenvalue weighted by atomic mass is 16.5. The molecule has 2 rings (SSSR count). The fraction of sp³-hybridized carbons (Fsp3) is 1.00. The van der Waals surface area contributed by atoms with E-state index in [9.17, 15) is 5.11 Å². The first-order valence-electron chi connectivity index (χ1n) is 7.61. The zero-order valence-electron chi connectivity index (χ0n) is 12.0. The third-order valence-electron chi connectivity index (χ3n) is 4.84. The summed E-state index contributed by atoms with van der Waals surface area (Å²) in [4.78, 5) is 0. The van der Waals surface area contributed by atoms with Crippen LogP contribution in [0, 0.1) is 11.8 Å². The van der Waals surface area contributed by atoms with E-state index in [-0.39, 0.29) is 0 Å². The zero-order chi connectivity index (χ0) is 13.0. The molecule has 1 unspecified atom stereocenters. The number of rotatable bonds is 7. The van der Waals surface area contributed by atoms with E-state index in [4.69, 9.17) is 4.74 Å². The SMILES string of the molecule is CCC1CCC(O)(CNC(COC)C2CC2)CC1. The maximum absolute atomic E-state index is 10.6. The molecular weight excluding hydrogens is 226 g/mol. The minimum Gasteiger partial charge on any atom is -0.389 e. The largest absolute Gasteiger partial charge is 0.389 e.